The molecule has 2 rings (SSSR count). The summed E-state index contributed by atoms with van der Waals surface area (Å²) in [6.45, 7) is 8.02. The van der Waals surface area contributed by atoms with Gasteiger partial charge in [0.2, 0.25) is 0 Å². The Morgan fingerprint density at radius 1 is 1.22 bits per heavy atom. The van der Waals surface area contributed by atoms with Gasteiger partial charge in [-0.3, -0.25) is 0 Å². The lowest BCUT2D eigenvalue weighted by Crippen LogP contribution is -2.24. The number of anilines is 1. The highest BCUT2D eigenvalue weighted by Gasteiger charge is 2.23. The standard InChI is InChI=1S/C14H18FN3/c1-9-17-12(10-7-5-6-8-11(10)15)13(16)18(9)14(2,3)4/h5-8H,16H2,1-4H3. The van der Waals surface area contributed by atoms with E-state index in [1.807, 2.05) is 32.3 Å². The summed E-state index contributed by atoms with van der Waals surface area (Å²) in [5, 5.41) is 0. The lowest BCUT2D eigenvalue weighted by Gasteiger charge is -2.24. The third-order valence-corrected chi connectivity index (χ3v) is 2.88. The number of nitrogen functional groups attached to an aromatic ring is 1. The van der Waals surface area contributed by atoms with Crippen molar-refractivity contribution in [1.82, 2.24) is 9.55 Å². The van der Waals surface area contributed by atoms with E-state index in [0.29, 0.717) is 17.1 Å². The Kier molecular flexibility index (Phi) is 2.89. The average Bonchev–Trinajstić information content (AvgIpc) is 2.54. The molecule has 0 fully saturated rings. The summed E-state index contributed by atoms with van der Waals surface area (Å²) >= 11 is 0. The van der Waals surface area contributed by atoms with Crippen molar-refractivity contribution in [3.8, 4) is 11.3 Å². The molecule has 0 atom stereocenters. The van der Waals surface area contributed by atoms with Gasteiger partial charge in [0.15, 0.2) is 0 Å². The maximum Gasteiger partial charge on any atom is 0.132 e. The Hall–Kier alpha value is -1.84. The van der Waals surface area contributed by atoms with Gasteiger partial charge in [-0.2, -0.15) is 0 Å². The van der Waals surface area contributed by atoms with Crippen LogP contribution in [0.2, 0.25) is 0 Å². The molecule has 96 valence electrons. The van der Waals surface area contributed by atoms with E-state index in [9.17, 15) is 4.39 Å². The average molecular weight is 247 g/mol. The number of aromatic nitrogens is 2. The van der Waals surface area contributed by atoms with E-state index in [1.165, 1.54) is 6.07 Å². The third kappa shape index (κ3) is 1.98. The number of aryl methyl sites for hydroxylation is 1. The SMILES string of the molecule is Cc1nc(-c2ccccc2F)c(N)n1C(C)(C)C. The van der Waals surface area contributed by atoms with E-state index in [2.05, 4.69) is 4.98 Å². The maximum atomic E-state index is 13.8. The van der Waals surface area contributed by atoms with Crippen LogP contribution in [0.3, 0.4) is 0 Å². The molecule has 0 aliphatic carbocycles. The van der Waals surface area contributed by atoms with Gasteiger partial charge >= 0.3 is 0 Å². The molecule has 2 aromatic rings. The first kappa shape index (κ1) is 12.6. The zero-order chi connectivity index (χ0) is 13.5. The van der Waals surface area contributed by atoms with Gasteiger partial charge in [-0.1, -0.05) is 12.1 Å². The van der Waals surface area contributed by atoms with E-state index in [-0.39, 0.29) is 11.4 Å². The second-order valence-electron chi connectivity index (χ2n) is 5.38. The molecule has 18 heavy (non-hydrogen) atoms. The molecule has 0 aliphatic rings. The highest BCUT2D eigenvalue weighted by Crippen LogP contribution is 2.32. The van der Waals surface area contributed by atoms with Crippen LogP contribution in [0, 0.1) is 12.7 Å². The van der Waals surface area contributed by atoms with Gasteiger partial charge in [0.05, 0.1) is 0 Å². The number of nitrogens with two attached hydrogens (primary N) is 1. The van der Waals surface area contributed by atoms with E-state index in [0.717, 1.165) is 5.82 Å². The molecule has 0 amide bonds. The fraction of sp³-hybridized carbons (Fsp3) is 0.357. The molecule has 0 spiro atoms. The third-order valence-electron chi connectivity index (χ3n) is 2.88. The number of rotatable bonds is 1. The van der Waals surface area contributed by atoms with Crippen molar-refractivity contribution < 1.29 is 4.39 Å². The highest BCUT2D eigenvalue weighted by atomic mass is 19.1. The van der Waals surface area contributed by atoms with Crippen LogP contribution in [0.25, 0.3) is 11.3 Å². The van der Waals surface area contributed by atoms with Crippen LogP contribution in [0.4, 0.5) is 10.2 Å². The van der Waals surface area contributed by atoms with Crippen molar-refractivity contribution >= 4 is 5.82 Å². The Labute approximate surface area is 106 Å². The molecule has 1 aromatic heterocycles. The minimum Gasteiger partial charge on any atom is -0.383 e. The van der Waals surface area contributed by atoms with Crippen LogP contribution in [-0.4, -0.2) is 9.55 Å². The van der Waals surface area contributed by atoms with Gasteiger partial charge in [0.1, 0.15) is 23.2 Å². The van der Waals surface area contributed by atoms with Crippen molar-refractivity contribution in [2.24, 2.45) is 0 Å². The second kappa shape index (κ2) is 4.12. The Morgan fingerprint density at radius 3 is 2.33 bits per heavy atom. The number of halogens is 1. The summed E-state index contributed by atoms with van der Waals surface area (Å²) in [5.41, 5.74) is 6.91. The first-order valence-corrected chi connectivity index (χ1v) is 5.92. The zero-order valence-corrected chi connectivity index (χ0v) is 11.2. The van der Waals surface area contributed by atoms with Gasteiger partial charge in [0, 0.05) is 11.1 Å². The van der Waals surface area contributed by atoms with E-state index >= 15 is 0 Å². The highest BCUT2D eigenvalue weighted by molar-refractivity contribution is 5.71. The number of imidazole rings is 1. The molecule has 1 heterocycles. The summed E-state index contributed by atoms with van der Waals surface area (Å²) in [6, 6.07) is 6.55. The molecular weight excluding hydrogens is 229 g/mol. The number of nitrogens with zero attached hydrogens (tertiary/aromatic N) is 2. The minimum absolute atomic E-state index is 0.176. The van der Waals surface area contributed by atoms with Gasteiger partial charge in [-0.05, 0) is 39.8 Å². The van der Waals surface area contributed by atoms with Crippen LogP contribution in [0.1, 0.15) is 26.6 Å². The predicted octanol–water partition coefficient (Wildman–Crippen LogP) is 3.33. The molecule has 0 saturated heterocycles. The molecule has 0 bridgehead atoms. The van der Waals surface area contributed by atoms with Crippen molar-refractivity contribution in [1.29, 1.82) is 0 Å². The minimum atomic E-state index is -0.303. The first-order chi connectivity index (χ1) is 8.32. The smallest absolute Gasteiger partial charge is 0.132 e. The molecule has 4 heteroatoms. The molecule has 0 saturated carbocycles. The Morgan fingerprint density at radius 2 is 1.83 bits per heavy atom. The van der Waals surface area contributed by atoms with Crippen molar-refractivity contribution in [3.63, 3.8) is 0 Å². The van der Waals surface area contributed by atoms with Crippen LogP contribution in [0.5, 0.6) is 0 Å². The van der Waals surface area contributed by atoms with Gasteiger partial charge < -0.3 is 10.3 Å². The second-order valence-corrected chi connectivity index (χ2v) is 5.38. The zero-order valence-electron chi connectivity index (χ0n) is 11.2. The van der Waals surface area contributed by atoms with Crippen molar-refractivity contribution in [2.45, 2.75) is 33.2 Å². The van der Waals surface area contributed by atoms with Gasteiger partial charge in [-0.25, -0.2) is 9.37 Å². The van der Waals surface area contributed by atoms with Gasteiger partial charge in [-0.15, -0.1) is 0 Å². The van der Waals surface area contributed by atoms with Crippen LogP contribution in [0.15, 0.2) is 24.3 Å². The lowest BCUT2D eigenvalue weighted by atomic mass is 10.1. The fourth-order valence-electron chi connectivity index (χ4n) is 2.25. The number of benzene rings is 1. The number of hydrogen-bond donors (Lipinski definition) is 1. The Balaban J connectivity index is 2.66. The van der Waals surface area contributed by atoms with Crippen molar-refractivity contribution in [3.05, 3.63) is 35.9 Å². The summed E-state index contributed by atoms with van der Waals surface area (Å²) < 4.78 is 15.7. The largest absolute Gasteiger partial charge is 0.383 e. The monoisotopic (exact) mass is 247 g/mol. The molecule has 1 aromatic carbocycles. The molecule has 0 unspecified atom stereocenters. The molecule has 2 N–H and O–H groups in total. The van der Waals surface area contributed by atoms with Gasteiger partial charge in [0.25, 0.3) is 0 Å². The summed E-state index contributed by atoms with van der Waals surface area (Å²) in [6.07, 6.45) is 0. The molecule has 0 radical (unpaired) electrons. The maximum absolute atomic E-state index is 13.8. The fourth-order valence-corrected chi connectivity index (χ4v) is 2.25. The summed E-state index contributed by atoms with van der Waals surface area (Å²) in [5.74, 6) is 0.992. The van der Waals surface area contributed by atoms with Crippen LogP contribution < -0.4 is 5.73 Å². The van der Waals surface area contributed by atoms with E-state index < -0.39 is 0 Å². The normalized spacial score (nSPS) is 11.8. The van der Waals surface area contributed by atoms with Crippen LogP contribution >= 0.6 is 0 Å². The molecular formula is C14H18FN3. The first-order valence-electron chi connectivity index (χ1n) is 5.92. The summed E-state index contributed by atoms with van der Waals surface area (Å²) in [7, 11) is 0. The topological polar surface area (TPSA) is 43.8 Å². The molecule has 3 nitrogen and oxygen atoms in total. The van der Waals surface area contributed by atoms with E-state index in [1.54, 1.807) is 18.2 Å². The van der Waals surface area contributed by atoms with E-state index in [4.69, 9.17) is 5.73 Å². The predicted molar refractivity (Wildman–Crippen MR) is 71.8 cm³/mol. The van der Waals surface area contributed by atoms with Crippen LogP contribution in [-0.2, 0) is 5.54 Å². The Bertz CT molecular complexity index is 579. The molecule has 0 aliphatic heterocycles. The summed E-state index contributed by atoms with van der Waals surface area (Å²) in [4.78, 5) is 4.41. The number of hydrogen-bond acceptors (Lipinski definition) is 2. The quantitative estimate of drug-likeness (QED) is 0.840. The lowest BCUT2D eigenvalue weighted by molar-refractivity contribution is 0.393. The van der Waals surface area contributed by atoms with Crippen molar-refractivity contribution in [2.75, 3.05) is 5.73 Å².